The molecule has 156 valence electrons. The zero-order chi connectivity index (χ0) is 20.1. The van der Waals surface area contributed by atoms with Crippen LogP contribution in [0, 0.1) is 11.3 Å². The summed E-state index contributed by atoms with van der Waals surface area (Å²) < 4.78 is 17.0. The third-order valence-corrected chi connectivity index (χ3v) is 6.36. The van der Waals surface area contributed by atoms with Gasteiger partial charge in [-0.2, -0.15) is 0 Å². The van der Waals surface area contributed by atoms with Gasteiger partial charge in [-0.15, -0.1) is 0 Å². The van der Waals surface area contributed by atoms with E-state index in [4.69, 9.17) is 14.2 Å². The molecule has 2 aliphatic heterocycles. The number of nitrogens with one attached hydrogen (secondary N) is 1. The molecule has 2 heterocycles. The highest BCUT2D eigenvalue weighted by Crippen LogP contribution is 2.41. The van der Waals surface area contributed by atoms with E-state index in [1.165, 1.54) is 17.5 Å². The third kappa shape index (κ3) is 5.12. The molecular formula is C25H33NO3. The summed E-state index contributed by atoms with van der Waals surface area (Å²) in [5, 5.41) is 3.66. The molecule has 1 N–H and O–H groups in total. The van der Waals surface area contributed by atoms with Crippen molar-refractivity contribution in [2.75, 3.05) is 19.9 Å². The summed E-state index contributed by atoms with van der Waals surface area (Å²) in [6, 6.07) is 17.1. The van der Waals surface area contributed by atoms with Crippen molar-refractivity contribution in [1.82, 2.24) is 5.32 Å². The SMILES string of the molecule is CC(C)[C@H]1C[C@](CCNCc2ccc3c(c2)OCO3)(Cc2ccccc2)CCO1. The van der Waals surface area contributed by atoms with Gasteiger partial charge in [-0.05, 0) is 66.8 Å². The molecule has 1 saturated heterocycles. The highest BCUT2D eigenvalue weighted by atomic mass is 16.7. The Morgan fingerprint density at radius 1 is 1.03 bits per heavy atom. The van der Waals surface area contributed by atoms with Gasteiger partial charge in [-0.3, -0.25) is 0 Å². The van der Waals surface area contributed by atoms with E-state index >= 15 is 0 Å². The first-order chi connectivity index (χ1) is 14.1. The molecule has 1 fully saturated rings. The van der Waals surface area contributed by atoms with E-state index < -0.39 is 0 Å². The number of benzene rings is 2. The van der Waals surface area contributed by atoms with Crippen LogP contribution in [0.1, 0.15) is 44.2 Å². The van der Waals surface area contributed by atoms with Gasteiger partial charge in [0.1, 0.15) is 0 Å². The maximum atomic E-state index is 6.10. The van der Waals surface area contributed by atoms with E-state index in [1.807, 2.05) is 6.07 Å². The molecule has 2 atom stereocenters. The largest absolute Gasteiger partial charge is 0.454 e. The second-order valence-corrected chi connectivity index (χ2v) is 8.88. The van der Waals surface area contributed by atoms with Gasteiger partial charge in [0.15, 0.2) is 11.5 Å². The lowest BCUT2D eigenvalue weighted by Gasteiger charge is -2.43. The van der Waals surface area contributed by atoms with Crippen LogP contribution in [0.3, 0.4) is 0 Å². The van der Waals surface area contributed by atoms with Gasteiger partial charge < -0.3 is 19.5 Å². The molecule has 2 aromatic carbocycles. The zero-order valence-corrected chi connectivity index (χ0v) is 17.7. The van der Waals surface area contributed by atoms with Crippen molar-refractivity contribution in [1.29, 1.82) is 0 Å². The van der Waals surface area contributed by atoms with E-state index in [2.05, 4.69) is 61.6 Å². The van der Waals surface area contributed by atoms with E-state index in [0.717, 1.165) is 50.5 Å². The minimum absolute atomic E-state index is 0.302. The molecule has 4 heteroatoms. The Kier molecular flexibility index (Phi) is 6.41. The molecule has 2 aromatic rings. The van der Waals surface area contributed by atoms with Crippen molar-refractivity contribution >= 4 is 0 Å². The Balaban J connectivity index is 1.37. The van der Waals surface area contributed by atoms with Crippen molar-refractivity contribution in [2.24, 2.45) is 11.3 Å². The fourth-order valence-corrected chi connectivity index (χ4v) is 4.58. The van der Waals surface area contributed by atoms with Crippen LogP contribution in [0.4, 0.5) is 0 Å². The number of rotatable bonds is 8. The first kappa shape index (κ1) is 20.2. The summed E-state index contributed by atoms with van der Waals surface area (Å²) in [4.78, 5) is 0. The van der Waals surface area contributed by atoms with Crippen LogP contribution in [0.5, 0.6) is 11.5 Å². The molecule has 0 bridgehead atoms. The molecule has 0 radical (unpaired) electrons. The average Bonchev–Trinajstić information content (AvgIpc) is 3.20. The summed E-state index contributed by atoms with van der Waals surface area (Å²) in [6.07, 6.45) is 4.94. The lowest BCUT2D eigenvalue weighted by atomic mass is 9.69. The first-order valence-electron chi connectivity index (χ1n) is 10.9. The quantitative estimate of drug-likeness (QED) is 0.642. The van der Waals surface area contributed by atoms with Crippen molar-refractivity contribution in [2.45, 2.75) is 52.2 Å². The standard InChI is InChI=1S/C25H33NO3/c1-19(2)24-16-25(11-13-27-24,15-20-6-4-3-5-7-20)10-12-26-17-21-8-9-22-23(14-21)29-18-28-22/h3-9,14,19,24,26H,10-13,15-18H2,1-2H3/t24-,25+/m1/s1. The fourth-order valence-electron chi connectivity index (χ4n) is 4.58. The molecule has 4 rings (SSSR count). The monoisotopic (exact) mass is 395 g/mol. The van der Waals surface area contributed by atoms with Crippen LogP contribution in [-0.4, -0.2) is 26.0 Å². The predicted octanol–water partition coefficient (Wildman–Crippen LogP) is 4.96. The maximum absolute atomic E-state index is 6.10. The average molecular weight is 396 g/mol. The Bertz CT molecular complexity index is 792. The van der Waals surface area contributed by atoms with Gasteiger partial charge in [0.2, 0.25) is 6.79 Å². The Morgan fingerprint density at radius 2 is 1.86 bits per heavy atom. The predicted molar refractivity (Wildman–Crippen MR) is 115 cm³/mol. The van der Waals surface area contributed by atoms with Gasteiger partial charge in [-0.25, -0.2) is 0 Å². The van der Waals surface area contributed by atoms with E-state index in [1.54, 1.807) is 0 Å². The van der Waals surface area contributed by atoms with Crippen molar-refractivity contribution in [3.05, 3.63) is 59.7 Å². The Labute approximate surface area is 174 Å². The van der Waals surface area contributed by atoms with Crippen LogP contribution in [0.2, 0.25) is 0 Å². The van der Waals surface area contributed by atoms with Gasteiger partial charge in [0.05, 0.1) is 6.10 Å². The van der Waals surface area contributed by atoms with Crippen molar-refractivity contribution in [3.8, 4) is 11.5 Å². The normalized spacial score (nSPS) is 23.5. The van der Waals surface area contributed by atoms with Gasteiger partial charge in [-0.1, -0.05) is 50.2 Å². The van der Waals surface area contributed by atoms with Crippen LogP contribution in [0.25, 0.3) is 0 Å². The number of hydrogen-bond acceptors (Lipinski definition) is 4. The van der Waals surface area contributed by atoms with E-state index in [9.17, 15) is 0 Å². The number of ether oxygens (including phenoxy) is 3. The van der Waals surface area contributed by atoms with Gasteiger partial charge >= 0.3 is 0 Å². The molecule has 0 spiro atoms. The maximum Gasteiger partial charge on any atom is 0.231 e. The fraction of sp³-hybridized carbons (Fsp3) is 0.520. The minimum atomic E-state index is 0.302. The van der Waals surface area contributed by atoms with Gasteiger partial charge in [0, 0.05) is 13.2 Å². The van der Waals surface area contributed by atoms with E-state index in [-0.39, 0.29) is 0 Å². The molecule has 4 nitrogen and oxygen atoms in total. The summed E-state index contributed by atoms with van der Waals surface area (Å²) in [5.74, 6) is 2.26. The Hall–Kier alpha value is -2.04. The molecule has 0 unspecified atom stereocenters. The number of hydrogen-bond donors (Lipinski definition) is 1. The number of fused-ring (bicyclic) bond motifs is 1. The molecule has 2 aliphatic rings. The van der Waals surface area contributed by atoms with Crippen molar-refractivity contribution < 1.29 is 14.2 Å². The summed E-state index contributed by atoms with van der Waals surface area (Å²) >= 11 is 0. The molecule has 0 saturated carbocycles. The molecule has 0 aliphatic carbocycles. The van der Waals surface area contributed by atoms with Crippen LogP contribution in [-0.2, 0) is 17.7 Å². The summed E-state index contributed by atoms with van der Waals surface area (Å²) in [6.45, 7) is 7.61. The smallest absolute Gasteiger partial charge is 0.231 e. The molecule has 0 aromatic heterocycles. The summed E-state index contributed by atoms with van der Waals surface area (Å²) in [7, 11) is 0. The van der Waals surface area contributed by atoms with Crippen LogP contribution < -0.4 is 14.8 Å². The van der Waals surface area contributed by atoms with E-state index in [0.29, 0.717) is 24.2 Å². The third-order valence-electron chi connectivity index (χ3n) is 6.36. The second-order valence-electron chi connectivity index (χ2n) is 8.88. The molecule has 0 amide bonds. The van der Waals surface area contributed by atoms with Crippen molar-refractivity contribution in [3.63, 3.8) is 0 Å². The highest BCUT2D eigenvalue weighted by molar-refractivity contribution is 5.44. The van der Waals surface area contributed by atoms with Crippen LogP contribution >= 0.6 is 0 Å². The second kappa shape index (κ2) is 9.19. The van der Waals surface area contributed by atoms with Crippen LogP contribution in [0.15, 0.2) is 48.5 Å². The lowest BCUT2D eigenvalue weighted by Crippen LogP contribution is -2.41. The first-order valence-corrected chi connectivity index (χ1v) is 10.9. The Morgan fingerprint density at radius 3 is 2.69 bits per heavy atom. The zero-order valence-electron chi connectivity index (χ0n) is 17.7. The molecule has 29 heavy (non-hydrogen) atoms. The topological polar surface area (TPSA) is 39.7 Å². The van der Waals surface area contributed by atoms with Gasteiger partial charge in [0.25, 0.3) is 0 Å². The molecular weight excluding hydrogens is 362 g/mol. The summed E-state index contributed by atoms with van der Waals surface area (Å²) in [5.41, 5.74) is 2.97. The lowest BCUT2D eigenvalue weighted by molar-refractivity contribution is -0.0720. The highest BCUT2D eigenvalue weighted by Gasteiger charge is 2.37. The minimum Gasteiger partial charge on any atom is -0.454 e.